The lowest BCUT2D eigenvalue weighted by Gasteiger charge is -2.22. The number of hydrogen-bond donors (Lipinski definition) is 1. The fourth-order valence-electron chi connectivity index (χ4n) is 2.56. The normalized spacial score (nSPS) is 23.5. The molecule has 0 radical (unpaired) electrons. The van der Waals surface area contributed by atoms with Gasteiger partial charge >= 0.3 is 5.97 Å². The molecular weight excluding hydrogens is 242 g/mol. The Morgan fingerprint density at radius 3 is 2.68 bits per heavy atom. The number of hydrogen-bond acceptors (Lipinski definition) is 3. The minimum absolute atomic E-state index is 0.0964. The fraction of sp³-hybridized carbons (Fsp3) is 0.533. The Morgan fingerprint density at radius 2 is 2.11 bits per heavy atom. The molecule has 1 heterocycles. The number of aliphatic carboxylic acids is 1. The van der Waals surface area contributed by atoms with Crippen LogP contribution < -0.4 is 4.74 Å². The number of rotatable bonds is 5. The Morgan fingerprint density at radius 1 is 1.42 bits per heavy atom. The zero-order valence-corrected chi connectivity index (χ0v) is 11.5. The smallest absolute Gasteiger partial charge is 0.308 e. The van der Waals surface area contributed by atoms with Gasteiger partial charge in [0.05, 0.1) is 5.92 Å². The molecule has 19 heavy (non-hydrogen) atoms. The zero-order valence-electron chi connectivity index (χ0n) is 11.5. The van der Waals surface area contributed by atoms with Crippen LogP contribution in [-0.2, 0) is 4.79 Å². The largest absolute Gasteiger partial charge is 0.492 e. The molecule has 2 unspecified atom stereocenters. The average Bonchev–Trinajstić information content (AvgIpc) is 2.74. The molecule has 104 valence electrons. The van der Waals surface area contributed by atoms with Crippen molar-refractivity contribution < 1.29 is 14.6 Å². The molecule has 1 N–H and O–H groups in total. The summed E-state index contributed by atoms with van der Waals surface area (Å²) in [6, 6.07) is 8.06. The monoisotopic (exact) mass is 263 g/mol. The van der Waals surface area contributed by atoms with Crippen molar-refractivity contribution in [3.63, 3.8) is 0 Å². The Labute approximate surface area is 114 Å². The van der Waals surface area contributed by atoms with Crippen molar-refractivity contribution in [3.05, 3.63) is 29.8 Å². The summed E-state index contributed by atoms with van der Waals surface area (Å²) in [7, 11) is 0. The molecule has 0 aliphatic carbocycles. The summed E-state index contributed by atoms with van der Waals surface area (Å²) in [6.07, 6.45) is 0.737. The van der Waals surface area contributed by atoms with E-state index >= 15 is 0 Å². The van der Waals surface area contributed by atoms with Gasteiger partial charge in [-0.3, -0.25) is 9.69 Å². The first-order chi connectivity index (χ1) is 9.08. The minimum Gasteiger partial charge on any atom is -0.492 e. The van der Waals surface area contributed by atoms with Crippen molar-refractivity contribution in [2.45, 2.75) is 26.3 Å². The standard InChI is InChI=1S/C15H21NO3/c1-11-3-5-13(6-4-11)19-10-9-16-8-7-14(12(16)2)15(17)18/h3-6,12,14H,7-10H2,1-2H3,(H,17,18). The molecule has 1 aromatic rings. The lowest BCUT2D eigenvalue weighted by molar-refractivity contribution is -0.142. The van der Waals surface area contributed by atoms with Crippen molar-refractivity contribution in [1.29, 1.82) is 0 Å². The number of carbonyl (C=O) groups is 1. The van der Waals surface area contributed by atoms with Gasteiger partial charge in [0.2, 0.25) is 0 Å². The number of nitrogens with zero attached hydrogens (tertiary/aromatic N) is 1. The molecule has 1 aromatic carbocycles. The van der Waals surface area contributed by atoms with Crippen LogP contribution in [0.3, 0.4) is 0 Å². The highest BCUT2D eigenvalue weighted by atomic mass is 16.5. The third kappa shape index (κ3) is 3.47. The van der Waals surface area contributed by atoms with Crippen molar-refractivity contribution in [1.82, 2.24) is 4.90 Å². The van der Waals surface area contributed by atoms with Crippen molar-refractivity contribution in [2.75, 3.05) is 19.7 Å². The molecule has 2 rings (SSSR count). The van der Waals surface area contributed by atoms with Gasteiger partial charge in [-0.25, -0.2) is 0 Å². The van der Waals surface area contributed by atoms with Gasteiger partial charge in [0.1, 0.15) is 12.4 Å². The summed E-state index contributed by atoms with van der Waals surface area (Å²) < 4.78 is 5.68. The first-order valence-electron chi connectivity index (χ1n) is 6.74. The van der Waals surface area contributed by atoms with Crippen LogP contribution in [0.25, 0.3) is 0 Å². The summed E-state index contributed by atoms with van der Waals surface area (Å²) in [5.41, 5.74) is 1.21. The van der Waals surface area contributed by atoms with E-state index in [1.54, 1.807) is 0 Å². The van der Waals surface area contributed by atoms with E-state index in [0.29, 0.717) is 6.61 Å². The number of carboxylic acid groups (broad SMARTS) is 1. The second-order valence-corrected chi connectivity index (χ2v) is 5.17. The van der Waals surface area contributed by atoms with Crippen LogP contribution in [0.1, 0.15) is 18.9 Å². The molecule has 1 aliphatic rings. The van der Waals surface area contributed by atoms with Gasteiger partial charge in [-0.15, -0.1) is 0 Å². The highest BCUT2D eigenvalue weighted by Crippen LogP contribution is 2.23. The van der Waals surface area contributed by atoms with E-state index in [1.165, 1.54) is 5.56 Å². The third-order valence-corrected chi connectivity index (χ3v) is 3.87. The summed E-state index contributed by atoms with van der Waals surface area (Å²) >= 11 is 0. The Kier molecular flexibility index (Phi) is 4.43. The number of aryl methyl sites for hydroxylation is 1. The zero-order chi connectivity index (χ0) is 13.8. The maximum absolute atomic E-state index is 11.0. The molecule has 2 atom stereocenters. The average molecular weight is 263 g/mol. The number of benzene rings is 1. The maximum atomic E-state index is 11.0. The van der Waals surface area contributed by atoms with Crippen molar-refractivity contribution in [2.24, 2.45) is 5.92 Å². The van der Waals surface area contributed by atoms with E-state index in [2.05, 4.69) is 4.90 Å². The molecule has 0 aromatic heterocycles. The van der Waals surface area contributed by atoms with E-state index < -0.39 is 5.97 Å². The van der Waals surface area contributed by atoms with Gasteiger partial charge in [-0.2, -0.15) is 0 Å². The number of carboxylic acids is 1. The fourth-order valence-corrected chi connectivity index (χ4v) is 2.56. The molecule has 4 heteroatoms. The first kappa shape index (κ1) is 13.9. The molecule has 4 nitrogen and oxygen atoms in total. The lowest BCUT2D eigenvalue weighted by Crippen LogP contribution is -2.35. The highest BCUT2D eigenvalue weighted by Gasteiger charge is 2.35. The second-order valence-electron chi connectivity index (χ2n) is 5.17. The van der Waals surface area contributed by atoms with Crippen LogP contribution in [0.5, 0.6) is 5.75 Å². The Balaban J connectivity index is 1.77. The van der Waals surface area contributed by atoms with Crippen LogP contribution in [0.2, 0.25) is 0 Å². The Hall–Kier alpha value is -1.55. The number of ether oxygens (including phenoxy) is 1. The predicted molar refractivity (Wildman–Crippen MR) is 73.5 cm³/mol. The molecule has 0 spiro atoms. The van der Waals surface area contributed by atoms with E-state index in [4.69, 9.17) is 9.84 Å². The predicted octanol–water partition coefficient (Wildman–Crippen LogP) is 2.17. The first-order valence-corrected chi connectivity index (χ1v) is 6.74. The summed E-state index contributed by atoms with van der Waals surface area (Å²) in [6.45, 7) is 6.24. The molecule has 1 saturated heterocycles. The third-order valence-electron chi connectivity index (χ3n) is 3.87. The quantitative estimate of drug-likeness (QED) is 0.884. The molecule has 0 bridgehead atoms. The molecule has 0 amide bonds. The van der Waals surface area contributed by atoms with Crippen molar-refractivity contribution >= 4 is 5.97 Å². The van der Waals surface area contributed by atoms with Gasteiger partial charge in [0.15, 0.2) is 0 Å². The highest BCUT2D eigenvalue weighted by molar-refractivity contribution is 5.71. The Bertz CT molecular complexity index is 430. The molecule has 1 fully saturated rings. The van der Waals surface area contributed by atoms with Gasteiger partial charge in [0.25, 0.3) is 0 Å². The van der Waals surface area contributed by atoms with Crippen LogP contribution >= 0.6 is 0 Å². The van der Waals surface area contributed by atoms with Crippen LogP contribution in [-0.4, -0.2) is 41.7 Å². The minimum atomic E-state index is -0.686. The van der Waals surface area contributed by atoms with Crippen molar-refractivity contribution in [3.8, 4) is 5.75 Å². The summed E-state index contributed by atoms with van der Waals surface area (Å²) in [5, 5.41) is 9.07. The second kappa shape index (κ2) is 6.06. The van der Waals surface area contributed by atoms with Crippen LogP contribution in [0.4, 0.5) is 0 Å². The van der Waals surface area contributed by atoms with E-state index in [-0.39, 0.29) is 12.0 Å². The lowest BCUT2D eigenvalue weighted by atomic mass is 10.0. The SMILES string of the molecule is Cc1ccc(OCCN2CCC(C(=O)O)C2C)cc1. The summed E-state index contributed by atoms with van der Waals surface area (Å²) in [4.78, 5) is 13.2. The van der Waals surface area contributed by atoms with E-state index in [1.807, 2.05) is 38.1 Å². The summed E-state index contributed by atoms with van der Waals surface area (Å²) in [5.74, 6) is -0.0546. The number of likely N-dealkylation sites (tertiary alicyclic amines) is 1. The molecule has 1 aliphatic heterocycles. The maximum Gasteiger partial charge on any atom is 0.308 e. The van der Waals surface area contributed by atoms with E-state index in [0.717, 1.165) is 25.3 Å². The van der Waals surface area contributed by atoms with E-state index in [9.17, 15) is 4.79 Å². The molecular formula is C15H21NO3. The van der Waals surface area contributed by atoms with Gasteiger partial charge in [-0.1, -0.05) is 17.7 Å². The van der Waals surface area contributed by atoms with Gasteiger partial charge in [0, 0.05) is 12.6 Å². The topological polar surface area (TPSA) is 49.8 Å². The van der Waals surface area contributed by atoms with Crippen LogP contribution in [0.15, 0.2) is 24.3 Å². The molecule has 0 saturated carbocycles. The van der Waals surface area contributed by atoms with Gasteiger partial charge in [-0.05, 0) is 38.9 Å². The van der Waals surface area contributed by atoms with Crippen LogP contribution in [0, 0.1) is 12.8 Å². The van der Waals surface area contributed by atoms with Gasteiger partial charge < -0.3 is 9.84 Å².